The molecule has 42 heavy (non-hydrogen) atoms. The highest BCUT2D eigenvalue weighted by atomic mass is 35.7. The fourth-order valence-electron chi connectivity index (χ4n) is 4.53. The maximum Gasteiger partial charge on any atom is 0.258 e. The first-order valence-corrected chi connectivity index (χ1v) is 15.7. The molecule has 0 saturated carbocycles. The first-order chi connectivity index (χ1) is 20.2. The summed E-state index contributed by atoms with van der Waals surface area (Å²) in [5, 5.41) is 6.63. The van der Waals surface area contributed by atoms with Crippen LogP contribution in [0.5, 0.6) is 0 Å². The van der Waals surface area contributed by atoms with Crippen molar-refractivity contribution in [3.63, 3.8) is 0 Å². The minimum absolute atomic E-state index is 0.193. The van der Waals surface area contributed by atoms with Gasteiger partial charge in [0.15, 0.2) is 12.7 Å². The van der Waals surface area contributed by atoms with Crippen molar-refractivity contribution in [3.05, 3.63) is 168 Å². The second kappa shape index (κ2) is 14.1. The Hall–Kier alpha value is -4.20. The second-order valence-electron chi connectivity index (χ2n) is 8.96. The highest BCUT2D eigenvalue weighted by molar-refractivity contribution is 7.99. The van der Waals surface area contributed by atoms with E-state index < -0.39 is 17.5 Å². The van der Waals surface area contributed by atoms with Gasteiger partial charge in [-0.05, 0) is 66.2 Å². The highest BCUT2D eigenvalue weighted by Gasteiger charge is 2.50. The van der Waals surface area contributed by atoms with Crippen LogP contribution in [0.3, 0.4) is 0 Å². The molecule has 1 amide bonds. The number of hydrogen-bond donors (Lipinski definition) is 1. The van der Waals surface area contributed by atoms with Gasteiger partial charge in [-0.1, -0.05) is 84.9 Å². The summed E-state index contributed by atoms with van der Waals surface area (Å²) in [7, 11) is -7.52. The number of hydrogen-bond acceptors (Lipinski definition) is 5. The van der Waals surface area contributed by atoms with Gasteiger partial charge in [0.2, 0.25) is 0 Å². The molecule has 0 aliphatic rings. The monoisotopic (exact) mass is 601 g/mol. The van der Waals surface area contributed by atoms with Gasteiger partial charge >= 0.3 is 0 Å². The Morgan fingerprint density at radius 3 is 1.33 bits per heavy atom. The summed E-state index contributed by atoms with van der Waals surface area (Å²) in [5.41, 5.74) is 2.15. The van der Waals surface area contributed by atoms with E-state index in [4.69, 9.17) is 18.6 Å². The van der Waals surface area contributed by atoms with Crippen molar-refractivity contribution in [2.45, 2.75) is 0 Å². The van der Waals surface area contributed by atoms with Gasteiger partial charge in [0, 0.05) is 11.6 Å². The predicted octanol–water partition coefficient (Wildman–Crippen LogP) is 1.79. The fraction of sp³-hybridized carbons (Fsp3) is 0. The Labute approximate surface area is 246 Å². The van der Waals surface area contributed by atoms with Crippen LogP contribution < -0.4 is 39.9 Å². The van der Waals surface area contributed by atoms with E-state index in [9.17, 15) is 9.18 Å². The third-order valence-electron chi connectivity index (χ3n) is 6.24. The van der Waals surface area contributed by atoms with Gasteiger partial charge in [-0.15, -0.1) is 10.2 Å². The molecule has 6 nitrogen and oxygen atoms in total. The molecule has 0 saturated heterocycles. The molecule has 0 bridgehead atoms. The molecular weight excluding hydrogens is 576 g/mol. The molecule has 0 fully saturated rings. The van der Waals surface area contributed by atoms with Crippen LogP contribution in [0.15, 0.2) is 151 Å². The summed E-state index contributed by atoms with van der Waals surface area (Å²) in [6, 6.07) is 46.5. The Morgan fingerprint density at radius 1 is 0.595 bits per heavy atom. The lowest BCUT2D eigenvalue weighted by Crippen LogP contribution is -2.68. The van der Waals surface area contributed by atoms with Crippen LogP contribution in [-0.4, -0.2) is 5.91 Å². The largest absolute Gasteiger partial charge is 0.292 e. The summed E-state index contributed by atoms with van der Waals surface area (Å²) >= 11 is 0. The van der Waals surface area contributed by atoms with Gasteiger partial charge in [-0.3, -0.25) is 10.1 Å². The van der Waals surface area contributed by atoms with Crippen LogP contribution in [0.4, 0.5) is 4.39 Å². The number of carbonyl (C=O) groups excluding carboxylic acids is 1. The minimum atomic E-state index is -4.94. The van der Waals surface area contributed by atoms with E-state index in [2.05, 4.69) is 41.7 Å². The van der Waals surface area contributed by atoms with Crippen LogP contribution in [-0.2, 0) is 0 Å². The molecule has 0 aliphatic carbocycles. The third kappa shape index (κ3) is 7.96. The molecule has 0 radical (unpaired) electrons. The SMILES string of the molecule is O=C(N/C(=C\c1ccc(F)cc1)[P+](c1ccccc1)(c1ccccc1)c1ccccc1)c1ccccc1.[O-][Cl+3]([O-])([O-])[O-]. The lowest BCUT2D eigenvalue weighted by atomic mass is 10.2. The van der Waals surface area contributed by atoms with Crippen molar-refractivity contribution in [2.75, 3.05) is 0 Å². The van der Waals surface area contributed by atoms with Gasteiger partial charge < -0.3 is 0 Å². The molecular formula is C33H26ClFNO5P. The van der Waals surface area contributed by atoms with Crippen LogP contribution in [0, 0.1) is 16.1 Å². The lowest BCUT2D eigenvalue weighted by molar-refractivity contribution is -2.00. The molecule has 0 heterocycles. The van der Waals surface area contributed by atoms with E-state index in [1.54, 1.807) is 24.3 Å². The standard InChI is InChI=1S/C33H25FNOP.ClHO4/c34-28-23-21-26(22-24-28)25-32(35-33(36)27-13-5-1-6-14-27)37(29-15-7-2-8-16-29,30-17-9-3-10-18-30)31-19-11-4-12-20-31;2-1(3,4)5/h1-25H;(H,2,3,4,5)/b32-25+;. The maximum atomic E-state index is 13.8. The molecule has 5 rings (SSSR count). The zero-order valence-electron chi connectivity index (χ0n) is 22.2. The molecule has 5 aromatic carbocycles. The number of rotatable bonds is 7. The first-order valence-electron chi connectivity index (χ1n) is 12.7. The Kier molecular flexibility index (Phi) is 10.3. The Bertz CT molecular complexity index is 1500. The quantitative estimate of drug-likeness (QED) is 0.285. The Morgan fingerprint density at radius 2 is 0.952 bits per heavy atom. The van der Waals surface area contributed by atoms with Crippen molar-refractivity contribution in [2.24, 2.45) is 0 Å². The van der Waals surface area contributed by atoms with Gasteiger partial charge in [0.05, 0.1) is 0 Å². The van der Waals surface area contributed by atoms with Crippen molar-refractivity contribution in [1.82, 2.24) is 5.32 Å². The summed E-state index contributed by atoms with van der Waals surface area (Å²) < 4.78 is 47.8. The van der Waals surface area contributed by atoms with Crippen LogP contribution in [0.1, 0.15) is 15.9 Å². The van der Waals surface area contributed by atoms with Crippen molar-refractivity contribution in [3.8, 4) is 0 Å². The van der Waals surface area contributed by atoms with Crippen LogP contribution >= 0.6 is 7.26 Å². The molecule has 212 valence electrons. The summed E-state index contributed by atoms with van der Waals surface area (Å²) in [6.45, 7) is 0. The average Bonchev–Trinajstić information content (AvgIpc) is 3.00. The first kappa shape index (κ1) is 30.8. The van der Waals surface area contributed by atoms with E-state index in [1.165, 1.54) is 12.1 Å². The van der Waals surface area contributed by atoms with Gasteiger partial charge in [-0.25, -0.2) is 23.0 Å². The molecule has 5 aromatic rings. The third-order valence-corrected chi connectivity index (χ3v) is 10.4. The van der Waals surface area contributed by atoms with E-state index in [-0.39, 0.29) is 11.7 Å². The number of amides is 1. The van der Waals surface area contributed by atoms with Crippen molar-refractivity contribution < 1.29 is 38.1 Å². The predicted molar refractivity (Wildman–Crippen MR) is 153 cm³/mol. The molecule has 9 heteroatoms. The topological polar surface area (TPSA) is 121 Å². The molecule has 0 aromatic heterocycles. The summed E-state index contributed by atoms with van der Waals surface area (Å²) in [4.78, 5) is 13.6. The molecule has 0 unspecified atom stereocenters. The van der Waals surface area contributed by atoms with E-state index in [1.807, 2.05) is 78.9 Å². The molecule has 0 atom stereocenters. The van der Waals surface area contributed by atoms with E-state index in [0.29, 0.717) is 5.56 Å². The summed E-state index contributed by atoms with van der Waals surface area (Å²) in [6.07, 6.45) is 1.99. The normalized spacial score (nSPS) is 11.7. The van der Waals surface area contributed by atoms with E-state index in [0.717, 1.165) is 26.9 Å². The average molecular weight is 602 g/mol. The maximum absolute atomic E-state index is 13.8. The van der Waals surface area contributed by atoms with Crippen molar-refractivity contribution in [1.29, 1.82) is 0 Å². The minimum Gasteiger partial charge on any atom is -0.292 e. The van der Waals surface area contributed by atoms with Gasteiger partial charge in [-0.2, -0.15) is 0 Å². The van der Waals surface area contributed by atoms with Crippen LogP contribution in [0.25, 0.3) is 6.08 Å². The van der Waals surface area contributed by atoms with E-state index >= 15 is 0 Å². The fourth-order valence-corrected chi connectivity index (χ4v) is 8.73. The number of carbonyl (C=O) groups is 1. The number of nitrogens with one attached hydrogen (secondary N) is 1. The van der Waals surface area contributed by atoms with Gasteiger partial charge in [0.1, 0.15) is 21.7 Å². The molecule has 0 spiro atoms. The Balaban J connectivity index is 0.000000748. The number of halogens is 2. The number of benzene rings is 5. The second-order valence-corrected chi connectivity index (χ2v) is 13.1. The van der Waals surface area contributed by atoms with Crippen molar-refractivity contribution >= 4 is 35.2 Å². The highest BCUT2D eigenvalue weighted by Crippen LogP contribution is 2.61. The van der Waals surface area contributed by atoms with Gasteiger partial charge in [0.25, 0.3) is 5.91 Å². The van der Waals surface area contributed by atoms with Crippen LogP contribution in [0.2, 0.25) is 0 Å². The smallest absolute Gasteiger partial charge is 0.258 e. The summed E-state index contributed by atoms with van der Waals surface area (Å²) in [5.74, 6) is -0.497. The molecule has 1 N–H and O–H groups in total. The molecule has 0 aliphatic heterocycles. The zero-order valence-corrected chi connectivity index (χ0v) is 23.8. The lowest BCUT2D eigenvalue weighted by Gasteiger charge is -2.29. The zero-order chi connectivity index (χ0) is 30.0.